The molecular weight excluding hydrogens is 578 g/mol. The monoisotopic (exact) mass is 625 g/mol. The number of likely N-dealkylation sites (N-methyl/N-ethyl adjacent to an activating group) is 1. The largest absolute Gasteiger partial charge is 0.376 e. The third-order valence-electron chi connectivity index (χ3n) is 8.08. The van der Waals surface area contributed by atoms with E-state index < -0.39 is 24.4 Å². The van der Waals surface area contributed by atoms with Crippen molar-refractivity contribution < 1.29 is 19.4 Å². The number of rotatable bonds is 18. The van der Waals surface area contributed by atoms with Gasteiger partial charge in [0.2, 0.25) is 5.91 Å². The molecule has 9 heteroatoms. The molecule has 0 bridgehead atoms. The first-order valence-electron chi connectivity index (χ1n) is 16.0. The summed E-state index contributed by atoms with van der Waals surface area (Å²) in [6.07, 6.45) is 1.14. The van der Waals surface area contributed by atoms with Gasteiger partial charge in [0, 0.05) is 18.5 Å². The number of carbonyl (C=O) groups excluding carboxylic acids is 2. The highest BCUT2D eigenvalue weighted by atomic mass is 16.5. The van der Waals surface area contributed by atoms with Gasteiger partial charge in [0.1, 0.15) is 12.3 Å². The van der Waals surface area contributed by atoms with Crippen LogP contribution in [-0.2, 0) is 28.9 Å². The summed E-state index contributed by atoms with van der Waals surface area (Å²) < 4.78 is 6.38. The minimum atomic E-state index is -0.927. The summed E-state index contributed by atoms with van der Waals surface area (Å²) in [5, 5.41) is 21.8. The molecule has 4 aromatic rings. The number of unbranched alkanes of at least 4 members (excludes halogenated alkanes) is 1. The molecular formula is C37H47N5O4. The molecule has 0 saturated carbocycles. The number of nitrogens with two attached hydrogens (primary N) is 2. The summed E-state index contributed by atoms with van der Waals surface area (Å²) >= 11 is 0. The fourth-order valence-electron chi connectivity index (χ4n) is 5.49. The summed E-state index contributed by atoms with van der Waals surface area (Å²) in [7, 11) is 1.65. The lowest BCUT2D eigenvalue weighted by Crippen LogP contribution is -2.52. The number of hydrogen-bond donors (Lipinski definition) is 6. The number of carbonyl (C=O) groups is 2. The number of nitrogens with one attached hydrogen (secondary N) is 3. The van der Waals surface area contributed by atoms with Crippen molar-refractivity contribution in [3.63, 3.8) is 0 Å². The molecule has 0 aliphatic carbocycles. The first kappa shape index (κ1) is 34.7. The summed E-state index contributed by atoms with van der Waals surface area (Å²) in [5.74, 6) is -0.576. The molecule has 2 amide bonds. The van der Waals surface area contributed by atoms with Crippen LogP contribution in [-0.4, -0.2) is 61.5 Å². The quantitative estimate of drug-likeness (QED) is 0.0732. The smallest absolute Gasteiger partial charge is 0.251 e. The predicted octanol–water partition coefficient (Wildman–Crippen LogP) is 3.42. The van der Waals surface area contributed by atoms with Gasteiger partial charge in [-0.1, -0.05) is 91.3 Å². The maximum atomic E-state index is 13.7. The average Bonchev–Trinajstić information content (AvgIpc) is 3.09. The van der Waals surface area contributed by atoms with E-state index in [1.54, 1.807) is 19.2 Å². The van der Waals surface area contributed by atoms with Crippen LogP contribution in [0, 0.1) is 0 Å². The Labute approximate surface area is 271 Å². The third kappa shape index (κ3) is 10.5. The number of aliphatic hydroxyl groups excluding tert-OH is 1. The first-order valence-corrected chi connectivity index (χ1v) is 16.0. The van der Waals surface area contributed by atoms with Crippen LogP contribution < -0.4 is 27.4 Å². The van der Waals surface area contributed by atoms with Gasteiger partial charge in [-0.05, 0) is 72.5 Å². The van der Waals surface area contributed by atoms with Gasteiger partial charge in [-0.15, -0.1) is 0 Å². The second kappa shape index (κ2) is 18.1. The van der Waals surface area contributed by atoms with E-state index in [4.69, 9.17) is 16.2 Å². The normalized spacial score (nSPS) is 13.9. The fraction of sp³-hybridized carbons (Fsp3) is 0.351. The van der Waals surface area contributed by atoms with Crippen molar-refractivity contribution in [2.24, 2.45) is 11.5 Å². The average molecular weight is 626 g/mol. The number of ether oxygens (including phenoxy) is 1. The highest BCUT2D eigenvalue weighted by Gasteiger charge is 2.27. The van der Waals surface area contributed by atoms with Crippen LogP contribution in [0.25, 0.3) is 10.8 Å². The van der Waals surface area contributed by atoms with E-state index in [0.717, 1.165) is 40.3 Å². The van der Waals surface area contributed by atoms with Crippen molar-refractivity contribution in [2.75, 3.05) is 20.2 Å². The fourth-order valence-corrected chi connectivity index (χ4v) is 5.49. The molecule has 0 heterocycles. The Kier molecular flexibility index (Phi) is 13.7. The Bertz CT molecular complexity index is 1530. The van der Waals surface area contributed by atoms with Crippen LogP contribution in [0.1, 0.15) is 46.3 Å². The molecule has 0 spiro atoms. The van der Waals surface area contributed by atoms with Gasteiger partial charge in [-0.25, -0.2) is 0 Å². The summed E-state index contributed by atoms with van der Waals surface area (Å²) in [6, 6.07) is 30.3. The van der Waals surface area contributed by atoms with E-state index in [0.29, 0.717) is 37.9 Å². The third-order valence-corrected chi connectivity index (χ3v) is 8.08. The minimum absolute atomic E-state index is 0.0898. The van der Waals surface area contributed by atoms with Crippen molar-refractivity contribution in [3.8, 4) is 0 Å². The molecule has 0 aliphatic heterocycles. The van der Waals surface area contributed by atoms with Gasteiger partial charge in [0.05, 0.1) is 18.7 Å². The van der Waals surface area contributed by atoms with Crippen LogP contribution in [0.15, 0.2) is 97.1 Å². The number of hydrogen-bond acceptors (Lipinski definition) is 7. The summed E-state index contributed by atoms with van der Waals surface area (Å²) in [5.41, 5.74) is 14.8. The predicted molar refractivity (Wildman–Crippen MR) is 183 cm³/mol. The lowest BCUT2D eigenvalue weighted by molar-refractivity contribution is -0.135. The Hall–Kier alpha value is -4.12. The van der Waals surface area contributed by atoms with Crippen molar-refractivity contribution in [3.05, 3.63) is 119 Å². The van der Waals surface area contributed by atoms with E-state index in [-0.39, 0.29) is 18.4 Å². The summed E-state index contributed by atoms with van der Waals surface area (Å²) in [6.45, 7) is 0.958. The maximum absolute atomic E-state index is 13.7. The minimum Gasteiger partial charge on any atom is -0.376 e. The Morgan fingerprint density at radius 3 is 2.26 bits per heavy atom. The van der Waals surface area contributed by atoms with Gasteiger partial charge in [-0.2, -0.15) is 0 Å². The molecule has 4 aromatic carbocycles. The van der Waals surface area contributed by atoms with E-state index in [9.17, 15) is 14.7 Å². The molecule has 0 aliphatic rings. The van der Waals surface area contributed by atoms with Crippen molar-refractivity contribution in [2.45, 2.75) is 63.1 Å². The standard InChI is InChI=1S/C37H47N5O4/c1-40-36(44)33(16-7-8-19-38)42-37(45)34(23-26-10-3-2-4-11-26)46-25-32(41-35(43)31-15-9-12-28(21-31)24-39)22-27-17-18-29-13-5-6-14-30(29)20-27/h2-6,9-15,17-18,20-21,32-34,36,40,44H,7-8,16,19,22-25,38-39H2,1H3,(H,41,43)(H,42,45)/t32-,33+,34-,36?/m1/s1. The molecule has 0 saturated heterocycles. The zero-order valence-electron chi connectivity index (χ0n) is 26.5. The molecule has 1 unspecified atom stereocenters. The lowest BCUT2D eigenvalue weighted by atomic mass is 10.0. The van der Waals surface area contributed by atoms with E-state index in [2.05, 4.69) is 46.3 Å². The van der Waals surface area contributed by atoms with Crippen LogP contribution in [0.4, 0.5) is 0 Å². The molecule has 0 aromatic heterocycles. The molecule has 8 N–H and O–H groups in total. The first-order chi connectivity index (χ1) is 22.4. The van der Waals surface area contributed by atoms with Crippen LogP contribution >= 0.6 is 0 Å². The second-order valence-electron chi connectivity index (χ2n) is 11.6. The molecule has 0 fully saturated rings. The van der Waals surface area contributed by atoms with Gasteiger partial charge >= 0.3 is 0 Å². The van der Waals surface area contributed by atoms with Gasteiger partial charge in [0.15, 0.2) is 0 Å². The lowest BCUT2D eigenvalue weighted by Gasteiger charge is -2.28. The number of fused-ring (bicyclic) bond motifs is 1. The van der Waals surface area contributed by atoms with Gasteiger partial charge in [0.25, 0.3) is 5.91 Å². The van der Waals surface area contributed by atoms with Crippen LogP contribution in [0.3, 0.4) is 0 Å². The van der Waals surface area contributed by atoms with E-state index >= 15 is 0 Å². The van der Waals surface area contributed by atoms with Crippen molar-refractivity contribution >= 4 is 22.6 Å². The Morgan fingerprint density at radius 2 is 1.52 bits per heavy atom. The number of amides is 2. The SMILES string of the molecule is CNC(O)[C@H](CCCCN)NC(=O)[C@@H](Cc1ccccc1)OC[C@@H](Cc1ccc2ccccc2c1)NC(=O)c1cccc(CN)c1. The second-order valence-corrected chi connectivity index (χ2v) is 11.6. The number of aliphatic hydroxyl groups is 1. The Morgan fingerprint density at radius 1 is 0.783 bits per heavy atom. The van der Waals surface area contributed by atoms with Crippen LogP contribution in [0.2, 0.25) is 0 Å². The van der Waals surface area contributed by atoms with Gasteiger partial charge in [-0.3, -0.25) is 14.9 Å². The van der Waals surface area contributed by atoms with Crippen molar-refractivity contribution in [1.82, 2.24) is 16.0 Å². The summed E-state index contributed by atoms with van der Waals surface area (Å²) in [4.78, 5) is 27.2. The molecule has 4 atom stereocenters. The molecule has 0 radical (unpaired) electrons. The van der Waals surface area contributed by atoms with Crippen LogP contribution in [0.5, 0.6) is 0 Å². The van der Waals surface area contributed by atoms with E-state index in [1.807, 2.05) is 54.6 Å². The Balaban J connectivity index is 1.56. The number of benzene rings is 4. The highest BCUT2D eigenvalue weighted by molar-refractivity contribution is 5.94. The van der Waals surface area contributed by atoms with E-state index in [1.165, 1.54) is 0 Å². The zero-order chi connectivity index (χ0) is 32.7. The zero-order valence-corrected chi connectivity index (χ0v) is 26.5. The highest BCUT2D eigenvalue weighted by Crippen LogP contribution is 2.18. The topological polar surface area (TPSA) is 152 Å². The molecule has 9 nitrogen and oxygen atoms in total. The molecule has 4 rings (SSSR count). The molecule has 244 valence electrons. The van der Waals surface area contributed by atoms with Gasteiger partial charge < -0.3 is 31.9 Å². The molecule has 46 heavy (non-hydrogen) atoms. The van der Waals surface area contributed by atoms with Crippen molar-refractivity contribution in [1.29, 1.82) is 0 Å². The maximum Gasteiger partial charge on any atom is 0.251 e.